The molecular formula is C54H71N7O11. The first-order valence-electron chi connectivity index (χ1n) is 25.2. The Morgan fingerprint density at radius 3 is 2.25 bits per heavy atom. The molecule has 1 spiro atoms. The number of phenolic OH excluding ortho intramolecular Hbond substituents is 2. The molecule has 2 aromatic carbocycles. The number of amides is 2. The Morgan fingerprint density at radius 1 is 0.903 bits per heavy atom. The summed E-state index contributed by atoms with van der Waals surface area (Å²) in [4.78, 5) is 64.0. The number of fused-ring (bicyclic) bond motifs is 13. The molecule has 1 aromatic heterocycles. The summed E-state index contributed by atoms with van der Waals surface area (Å²) in [7, 11) is 1.49. The average molecular weight is 994 g/mol. The van der Waals surface area contributed by atoms with Crippen LogP contribution >= 0.6 is 0 Å². The molecule has 5 N–H and O–H groups in total. The average Bonchev–Trinajstić information content (AvgIpc) is 3.87. The maximum absolute atomic E-state index is 15.0. The number of ether oxygens (including phenoxy) is 4. The molecular weight excluding hydrogens is 923 g/mol. The van der Waals surface area contributed by atoms with Gasteiger partial charge in [-0.05, 0) is 38.0 Å². The number of methoxy groups -OCH3 is 1. The van der Waals surface area contributed by atoms with E-state index in [9.17, 15) is 34.8 Å². The molecule has 5 bridgehead atoms. The number of rotatable bonds is 5. The molecule has 2 saturated heterocycles. The highest BCUT2D eigenvalue weighted by Gasteiger charge is 2.50. The van der Waals surface area contributed by atoms with Crippen LogP contribution in [-0.2, 0) is 19.0 Å². The van der Waals surface area contributed by atoms with Gasteiger partial charge in [0, 0.05) is 119 Å². The lowest BCUT2D eigenvalue weighted by molar-refractivity contribution is -0.112. The summed E-state index contributed by atoms with van der Waals surface area (Å²) in [5.74, 6) is -5.36. The number of piperidine rings is 1. The Kier molecular flexibility index (Phi) is 15.1. The van der Waals surface area contributed by atoms with Crippen molar-refractivity contribution < 1.29 is 53.8 Å². The SMILES string of the molecule is CO[C@H]1/C=C/O[C@@]2(C)Oc3c(C)c(O)c4c(O)c(c5c(c4c3C2=O)=NC2(CCN(CC(C)C)CC2)N=5)NC(=O)/C(C)=C\C=C\C(C)[C@H](O)[C@@H](C)[C@@H](O)[C@@H](C)[C@H](OC(=O)N2CCN(c3ccccn3)CC2)[C@@H]1C. The van der Waals surface area contributed by atoms with Gasteiger partial charge in [-0.2, -0.15) is 0 Å². The Hall–Kier alpha value is -6.08. The summed E-state index contributed by atoms with van der Waals surface area (Å²) in [6.45, 7) is 20.2. The number of likely N-dealkylation sites (tertiary alicyclic amines) is 1. The third-order valence-electron chi connectivity index (χ3n) is 15.3. The number of pyridine rings is 1. The standard InChI is InChI=1S/C54H71N7O11/c1-29(2)28-59-21-18-54(19-22-59)57-41-38-39-46(64)35(8)49-40(38)50(66)53(9,72-49)70-27-17-36(69-10)32(5)48(71-52(68)61-25-23-60(24-26-61)37-16-11-12-20-55-37)34(7)45(63)33(6)44(62)30(3)14-13-15-31(4)51(67)56-43(47(39)65)42(41)58-54/h11-17,20,27,29-30,32-34,36,44-45,48,62-65H,18-19,21-26,28H2,1-10H3,(H,56,67)/b14-13+,27-17+,31-15-/t30?,32-,33-,34-,36+,44+,45-,48-,53+/m1/s1. The first kappa shape index (κ1) is 52.2. The van der Waals surface area contributed by atoms with Crippen molar-refractivity contribution in [3.05, 3.63) is 82.4 Å². The van der Waals surface area contributed by atoms with Crippen molar-refractivity contribution in [3.8, 4) is 17.2 Å². The van der Waals surface area contributed by atoms with Crippen molar-refractivity contribution in [3.63, 3.8) is 0 Å². The molecule has 6 aliphatic heterocycles. The van der Waals surface area contributed by atoms with Crippen LogP contribution in [0.2, 0.25) is 0 Å². The number of aromatic hydroxyl groups is 2. The first-order valence-corrected chi connectivity index (χ1v) is 25.2. The summed E-state index contributed by atoms with van der Waals surface area (Å²) in [5.41, 5.74) is -0.612. The lowest BCUT2D eigenvalue weighted by atomic mass is 9.78. The normalized spacial score (nSPS) is 30.8. The molecule has 72 heavy (non-hydrogen) atoms. The van der Waals surface area contributed by atoms with Crippen LogP contribution in [0, 0.1) is 36.5 Å². The maximum atomic E-state index is 15.0. The smallest absolute Gasteiger partial charge is 0.410 e. The van der Waals surface area contributed by atoms with Crippen molar-refractivity contribution in [2.45, 2.75) is 111 Å². The van der Waals surface area contributed by atoms with Gasteiger partial charge in [0.15, 0.2) is 11.4 Å². The summed E-state index contributed by atoms with van der Waals surface area (Å²) >= 11 is 0. The van der Waals surface area contributed by atoms with E-state index in [-0.39, 0.29) is 55.4 Å². The number of carbonyl (C=O) groups is 3. The first-order chi connectivity index (χ1) is 34.2. The number of phenols is 2. The number of nitrogens with zero attached hydrogens (tertiary/aromatic N) is 6. The predicted molar refractivity (Wildman–Crippen MR) is 270 cm³/mol. The van der Waals surface area contributed by atoms with Crippen LogP contribution in [-0.4, -0.2) is 142 Å². The van der Waals surface area contributed by atoms with Gasteiger partial charge in [-0.1, -0.05) is 65.8 Å². The van der Waals surface area contributed by atoms with Crippen LogP contribution in [0.15, 0.2) is 70.5 Å². The lowest BCUT2D eigenvalue weighted by Gasteiger charge is -2.40. The molecule has 2 fully saturated rings. The third kappa shape index (κ3) is 9.89. The van der Waals surface area contributed by atoms with Gasteiger partial charge in [0.2, 0.25) is 0 Å². The molecule has 388 valence electrons. The van der Waals surface area contributed by atoms with Crippen LogP contribution in [0.1, 0.15) is 84.2 Å². The van der Waals surface area contributed by atoms with E-state index in [1.54, 1.807) is 70.0 Å². The van der Waals surface area contributed by atoms with Crippen molar-refractivity contribution in [2.24, 2.45) is 39.6 Å². The number of carbonyl (C=O) groups excluding carboxylic acids is 3. The molecule has 3 aromatic rings. The number of piperazine rings is 1. The van der Waals surface area contributed by atoms with Crippen molar-refractivity contribution in [1.82, 2.24) is 14.8 Å². The number of nitrogens with one attached hydrogen (secondary N) is 1. The minimum atomic E-state index is -1.99. The van der Waals surface area contributed by atoms with Crippen molar-refractivity contribution in [2.75, 3.05) is 63.1 Å². The number of ketones is 1. The molecule has 18 nitrogen and oxygen atoms in total. The minimum absolute atomic E-state index is 0.0299. The van der Waals surface area contributed by atoms with Crippen LogP contribution < -0.4 is 25.7 Å². The lowest BCUT2D eigenvalue weighted by Crippen LogP contribution is -2.52. The Bertz CT molecular complexity index is 2780. The molecule has 18 heteroatoms. The molecule has 6 aliphatic rings. The van der Waals surface area contributed by atoms with Crippen LogP contribution in [0.3, 0.4) is 0 Å². The number of allylic oxidation sites excluding steroid dienone is 2. The highest BCUT2D eigenvalue weighted by molar-refractivity contribution is 6.19. The van der Waals surface area contributed by atoms with Gasteiger partial charge >= 0.3 is 11.9 Å². The molecule has 0 aliphatic carbocycles. The summed E-state index contributed by atoms with van der Waals surface area (Å²) in [6, 6.07) is 5.68. The zero-order valence-corrected chi connectivity index (χ0v) is 43.1. The number of aliphatic hydroxyl groups is 2. The van der Waals surface area contributed by atoms with E-state index in [0.717, 1.165) is 12.4 Å². The second kappa shape index (κ2) is 20.8. The monoisotopic (exact) mass is 994 g/mol. The van der Waals surface area contributed by atoms with E-state index >= 15 is 0 Å². The van der Waals surface area contributed by atoms with E-state index in [0.29, 0.717) is 58.0 Å². The van der Waals surface area contributed by atoms with E-state index in [1.165, 1.54) is 20.3 Å². The van der Waals surface area contributed by atoms with Gasteiger partial charge in [-0.15, -0.1) is 0 Å². The zero-order valence-electron chi connectivity index (χ0n) is 43.1. The Morgan fingerprint density at radius 2 is 1.60 bits per heavy atom. The molecule has 2 amide bonds. The number of hydrogen-bond donors (Lipinski definition) is 5. The largest absolute Gasteiger partial charge is 0.507 e. The van der Waals surface area contributed by atoms with Crippen LogP contribution in [0.5, 0.6) is 17.2 Å². The fourth-order valence-electron chi connectivity index (χ4n) is 10.9. The summed E-state index contributed by atoms with van der Waals surface area (Å²) in [5, 5.41) is 51.2. The highest BCUT2D eigenvalue weighted by atomic mass is 16.7. The number of benzene rings is 2. The number of aliphatic hydroxyl groups excluding tert-OH is 2. The summed E-state index contributed by atoms with van der Waals surface area (Å²) < 4.78 is 25.0. The second-order valence-corrected chi connectivity index (χ2v) is 20.9. The van der Waals surface area contributed by atoms with E-state index in [4.69, 9.17) is 28.9 Å². The number of anilines is 2. The fourth-order valence-corrected chi connectivity index (χ4v) is 10.9. The zero-order chi connectivity index (χ0) is 52.0. The highest BCUT2D eigenvalue weighted by Crippen LogP contribution is 2.50. The van der Waals surface area contributed by atoms with Gasteiger partial charge in [0.25, 0.3) is 11.7 Å². The molecule has 9 rings (SSSR count). The van der Waals surface area contributed by atoms with Gasteiger partial charge in [-0.3, -0.25) is 19.6 Å². The fraction of sp³-hybridized carbons (Fsp3) is 0.556. The predicted octanol–water partition coefficient (Wildman–Crippen LogP) is 5.54. The van der Waals surface area contributed by atoms with Crippen molar-refractivity contribution in [1.29, 1.82) is 0 Å². The second-order valence-electron chi connectivity index (χ2n) is 20.9. The number of aromatic nitrogens is 1. The van der Waals surface area contributed by atoms with E-state index in [2.05, 4.69) is 33.9 Å². The minimum Gasteiger partial charge on any atom is -0.507 e. The molecule has 0 radical (unpaired) electrons. The van der Waals surface area contributed by atoms with E-state index < -0.39 is 83.1 Å². The van der Waals surface area contributed by atoms with Gasteiger partial charge in [-0.25, -0.2) is 9.78 Å². The number of Topliss-reactive ketones (excluding diaryl/α,β-unsaturated/α-hetero) is 1. The number of hydrogen-bond acceptors (Lipinski definition) is 16. The third-order valence-corrected chi connectivity index (χ3v) is 15.3. The summed E-state index contributed by atoms with van der Waals surface area (Å²) in [6.07, 6.45) is 6.01. The van der Waals surface area contributed by atoms with Crippen LogP contribution in [0.4, 0.5) is 16.3 Å². The Balaban J connectivity index is 1.19. The molecule has 7 heterocycles. The molecule has 9 atom stereocenters. The van der Waals surface area contributed by atoms with Crippen molar-refractivity contribution >= 4 is 40.1 Å². The maximum Gasteiger partial charge on any atom is 0.410 e. The molecule has 1 unspecified atom stereocenters. The Labute approximate surface area is 420 Å². The quantitative estimate of drug-likeness (QED) is 0.198. The van der Waals surface area contributed by atoms with Gasteiger partial charge in [0.1, 0.15) is 34.5 Å². The van der Waals surface area contributed by atoms with E-state index in [1.807, 2.05) is 25.1 Å². The van der Waals surface area contributed by atoms with Gasteiger partial charge < -0.3 is 59.4 Å². The van der Waals surface area contributed by atoms with Gasteiger partial charge in [0.05, 0.1) is 40.9 Å². The molecule has 0 saturated carbocycles. The van der Waals surface area contributed by atoms with Crippen LogP contribution in [0.25, 0.3) is 10.8 Å². The topological polar surface area (TPSA) is 228 Å².